The van der Waals surface area contributed by atoms with Gasteiger partial charge in [-0.15, -0.1) is 0 Å². The van der Waals surface area contributed by atoms with Crippen LogP contribution in [0.5, 0.6) is 0 Å². The van der Waals surface area contributed by atoms with Crippen molar-refractivity contribution in [2.45, 2.75) is 6.61 Å². The van der Waals surface area contributed by atoms with Gasteiger partial charge in [0.25, 0.3) is 0 Å². The maximum absolute atomic E-state index is 12.2. The number of pyridine rings is 1. The van der Waals surface area contributed by atoms with Crippen molar-refractivity contribution in [1.29, 1.82) is 0 Å². The van der Waals surface area contributed by atoms with Crippen LogP contribution in [0.2, 0.25) is 0 Å². The molecule has 0 saturated heterocycles. The molecule has 21 heavy (non-hydrogen) atoms. The molecule has 2 rings (SSSR count). The maximum Gasteiger partial charge on any atom is 0.414 e. The highest BCUT2D eigenvalue weighted by molar-refractivity contribution is 9.10. The van der Waals surface area contributed by atoms with Gasteiger partial charge in [0.15, 0.2) is 0 Å². The molecule has 110 valence electrons. The zero-order valence-corrected chi connectivity index (χ0v) is 12.9. The summed E-state index contributed by atoms with van der Waals surface area (Å²) in [5.74, 6) is 0. The number of ether oxygens (including phenoxy) is 1. The fourth-order valence-corrected chi connectivity index (χ4v) is 2.12. The van der Waals surface area contributed by atoms with E-state index in [4.69, 9.17) is 9.84 Å². The van der Waals surface area contributed by atoms with Crippen LogP contribution in [0.3, 0.4) is 0 Å². The van der Waals surface area contributed by atoms with Crippen molar-refractivity contribution in [3.8, 4) is 0 Å². The fourth-order valence-electron chi connectivity index (χ4n) is 1.77. The molecule has 0 spiro atoms. The second-order valence-corrected chi connectivity index (χ2v) is 5.19. The summed E-state index contributed by atoms with van der Waals surface area (Å²) in [6.45, 7) is 0.168. The van der Waals surface area contributed by atoms with E-state index in [1.165, 1.54) is 4.90 Å². The Kier molecular flexibility index (Phi) is 5.71. The van der Waals surface area contributed by atoms with Crippen LogP contribution < -0.4 is 4.90 Å². The van der Waals surface area contributed by atoms with Crippen molar-refractivity contribution in [3.63, 3.8) is 0 Å². The molecule has 1 amide bonds. The summed E-state index contributed by atoms with van der Waals surface area (Å²) in [6, 6.07) is 11.2. The number of amides is 1. The zero-order chi connectivity index (χ0) is 15.1. The number of aromatic nitrogens is 1. The highest BCUT2D eigenvalue weighted by Gasteiger charge is 2.17. The first-order valence-corrected chi connectivity index (χ1v) is 7.19. The van der Waals surface area contributed by atoms with E-state index in [1.807, 2.05) is 30.3 Å². The minimum Gasteiger partial charge on any atom is -0.444 e. The van der Waals surface area contributed by atoms with Gasteiger partial charge in [0.2, 0.25) is 0 Å². The van der Waals surface area contributed by atoms with E-state index in [0.29, 0.717) is 5.69 Å². The largest absolute Gasteiger partial charge is 0.444 e. The van der Waals surface area contributed by atoms with E-state index in [2.05, 4.69) is 20.9 Å². The molecule has 0 radical (unpaired) electrons. The molecule has 0 aliphatic rings. The van der Waals surface area contributed by atoms with E-state index >= 15 is 0 Å². The van der Waals surface area contributed by atoms with E-state index in [-0.39, 0.29) is 19.8 Å². The van der Waals surface area contributed by atoms with E-state index in [0.717, 1.165) is 10.0 Å². The van der Waals surface area contributed by atoms with Gasteiger partial charge >= 0.3 is 6.09 Å². The minimum atomic E-state index is -0.521. The van der Waals surface area contributed by atoms with Gasteiger partial charge in [0.1, 0.15) is 6.61 Å². The molecule has 0 saturated carbocycles. The van der Waals surface area contributed by atoms with Crippen molar-refractivity contribution in [1.82, 2.24) is 4.98 Å². The lowest BCUT2D eigenvalue weighted by molar-refractivity contribution is 0.145. The van der Waals surface area contributed by atoms with Gasteiger partial charge in [-0.3, -0.25) is 9.88 Å². The Bertz CT molecular complexity index is 592. The zero-order valence-electron chi connectivity index (χ0n) is 11.3. The fraction of sp³-hybridized carbons (Fsp3) is 0.200. The molecule has 0 aliphatic carbocycles. The van der Waals surface area contributed by atoms with Gasteiger partial charge in [0, 0.05) is 10.7 Å². The summed E-state index contributed by atoms with van der Waals surface area (Å²) >= 11 is 3.30. The minimum absolute atomic E-state index is 0.145. The third-order valence-electron chi connectivity index (χ3n) is 2.75. The van der Waals surface area contributed by atoms with E-state index in [9.17, 15) is 4.79 Å². The van der Waals surface area contributed by atoms with Crippen LogP contribution in [0.15, 0.2) is 53.3 Å². The number of halogens is 1. The first-order chi connectivity index (χ1) is 10.2. The molecule has 1 aromatic carbocycles. The first kappa shape index (κ1) is 15.5. The average Bonchev–Trinajstić information content (AvgIpc) is 2.51. The second kappa shape index (κ2) is 7.75. The van der Waals surface area contributed by atoms with Gasteiger partial charge in [-0.1, -0.05) is 30.3 Å². The molecular formula is C15H15BrN2O3. The van der Waals surface area contributed by atoms with Gasteiger partial charge in [-0.25, -0.2) is 4.79 Å². The molecule has 1 N–H and O–H groups in total. The number of carbonyl (C=O) groups excluding carboxylic acids is 1. The molecule has 0 bridgehead atoms. The van der Waals surface area contributed by atoms with Crippen LogP contribution in [-0.4, -0.2) is 29.3 Å². The lowest BCUT2D eigenvalue weighted by Gasteiger charge is -2.21. The summed E-state index contributed by atoms with van der Waals surface area (Å²) in [7, 11) is 0. The van der Waals surface area contributed by atoms with Crippen molar-refractivity contribution < 1.29 is 14.6 Å². The molecule has 0 fully saturated rings. The van der Waals surface area contributed by atoms with Crippen LogP contribution in [0.1, 0.15) is 5.56 Å². The standard InChI is InChI=1S/C15H15BrN2O3/c16-13-8-14(10-17-9-13)18(6-7-19)15(20)21-11-12-4-2-1-3-5-12/h1-5,8-10,19H,6-7,11H2. The number of benzene rings is 1. The molecule has 0 unspecified atom stereocenters. The molecule has 2 aromatic rings. The van der Waals surface area contributed by atoms with Crippen LogP contribution in [-0.2, 0) is 11.3 Å². The summed E-state index contributed by atoms with van der Waals surface area (Å²) < 4.78 is 6.02. The Morgan fingerprint density at radius 2 is 2.05 bits per heavy atom. The number of anilines is 1. The van der Waals surface area contributed by atoms with Gasteiger partial charge in [0.05, 0.1) is 25.0 Å². The number of nitrogens with zero attached hydrogens (tertiary/aromatic N) is 2. The molecule has 6 heteroatoms. The van der Waals surface area contributed by atoms with Crippen LogP contribution in [0, 0.1) is 0 Å². The highest BCUT2D eigenvalue weighted by Crippen LogP contribution is 2.19. The number of carbonyl (C=O) groups is 1. The smallest absolute Gasteiger partial charge is 0.414 e. The quantitative estimate of drug-likeness (QED) is 0.900. The number of aliphatic hydroxyl groups excluding tert-OH is 1. The van der Waals surface area contributed by atoms with Crippen molar-refractivity contribution in [2.75, 3.05) is 18.1 Å². The summed E-state index contributed by atoms with van der Waals surface area (Å²) in [6.07, 6.45) is 2.65. The van der Waals surface area contributed by atoms with Crippen molar-refractivity contribution in [2.24, 2.45) is 0 Å². The Morgan fingerprint density at radius 1 is 1.29 bits per heavy atom. The number of aliphatic hydroxyl groups is 1. The molecular weight excluding hydrogens is 336 g/mol. The van der Waals surface area contributed by atoms with Gasteiger partial charge < -0.3 is 9.84 Å². The van der Waals surface area contributed by atoms with E-state index in [1.54, 1.807) is 18.5 Å². The van der Waals surface area contributed by atoms with Crippen LogP contribution >= 0.6 is 15.9 Å². The Labute approximate surface area is 131 Å². The molecule has 5 nitrogen and oxygen atoms in total. The lowest BCUT2D eigenvalue weighted by Crippen LogP contribution is -2.34. The number of hydrogen-bond donors (Lipinski definition) is 1. The van der Waals surface area contributed by atoms with E-state index < -0.39 is 6.09 Å². The molecule has 0 atom stereocenters. The Balaban J connectivity index is 2.05. The number of rotatable bonds is 5. The lowest BCUT2D eigenvalue weighted by atomic mass is 10.2. The monoisotopic (exact) mass is 350 g/mol. The third-order valence-corrected chi connectivity index (χ3v) is 3.18. The highest BCUT2D eigenvalue weighted by atomic mass is 79.9. The molecule has 0 aliphatic heterocycles. The van der Waals surface area contributed by atoms with Crippen LogP contribution in [0.25, 0.3) is 0 Å². The van der Waals surface area contributed by atoms with Gasteiger partial charge in [-0.05, 0) is 27.6 Å². The maximum atomic E-state index is 12.2. The normalized spacial score (nSPS) is 10.2. The topological polar surface area (TPSA) is 62.7 Å². The summed E-state index contributed by atoms with van der Waals surface area (Å²) in [5.41, 5.74) is 1.47. The SMILES string of the molecule is O=C(OCc1ccccc1)N(CCO)c1cncc(Br)c1. The predicted molar refractivity (Wildman–Crippen MR) is 83.0 cm³/mol. The average molecular weight is 351 g/mol. The van der Waals surface area contributed by atoms with Gasteiger partial charge in [-0.2, -0.15) is 0 Å². The third kappa shape index (κ3) is 4.54. The summed E-state index contributed by atoms with van der Waals surface area (Å²) in [5, 5.41) is 9.12. The summed E-state index contributed by atoms with van der Waals surface area (Å²) in [4.78, 5) is 17.5. The van der Waals surface area contributed by atoms with Crippen molar-refractivity contribution >= 4 is 27.7 Å². The number of hydrogen-bond acceptors (Lipinski definition) is 4. The molecule has 1 heterocycles. The second-order valence-electron chi connectivity index (χ2n) is 4.28. The van der Waals surface area contributed by atoms with Crippen molar-refractivity contribution in [3.05, 3.63) is 58.8 Å². The predicted octanol–water partition coefficient (Wildman–Crippen LogP) is 2.98. The molecule has 1 aromatic heterocycles. The first-order valence-electron chi connectivity index (χ1n) is 6.40. The Hall–Kier alpha value is -1.92. The Morgan fingerprint density at radius 3 is 2.71 bits per heavy atom. The van der Waals surface area contributed by atoms with Crippen LogP contribution in [0.4, 0.5) is 10.5 Å².